The van der Waals surface area contributed by atoms with Crippen LogP contribution in [0.25, 0.3) is 11.1 Å². The zero-order valence-corrected chi connectivity index (χ0v) is 9.64. The van der Waals surface area contributed by atoms with E-state index < -0.39 is 5.82 Å². The van der Waals surface area contributed by atoms with Gasteiger partial charge in [-0.2, -0.15) is 0 Å². The molecule has 0 fully saturated rings. The van der Waals surface area contributed by atoms with Gasteiger partial charge in [0.05, 0.1) is 5.02 Å². The molecular weight excluding hydrogens is 244 g/mol. The van der Waals surface area contributed by atoms with E-state index in [4.69, 9.17) is 17.3 Å². The zero-order valence-electron chi connectivity index (χ0n) is 8.88. The summed E-state index contributed by atoms with van der Waals surface area (Å²) in [4.78, 5) is 0. The number of rotatable bonds is 2. The molecule has 0 aliphatic carbocycles. The molecule has 0 amide bonds. The van der Waals surface area contributed by atoms with Crippen LogP contribution in [0.15, 0.2) is 36.4 Å². The summed E-state index contributed by atoms with van der Waals surface area (Å²) in [5.74, 6) is -0.804. The highest BCUT2D eigenvalue weighted by Crippen LogP contribution is 2.31. The van der Waals surface area contributed by atoms with Gasteiger partial charge in [-0.05, 0) is 41.5 Å². The number of hydrogen-bond acceptors (Lipinski definition) is 1. The second-order valence-corrected chi connectivity index (χ2v) is 4.04. The first kappa shape index (κ1) is 12.0. The largest absolute Gasteiger partial charge is 0.326 e. The molecule has 0 aliphatic heterocycles. The molecule has 0 aromatic heterocycles. The highest BCUT2D eigenvalue weighted by atomic mass is 35.5. The van der Waals surface area contributed by atoms with E-state index in [9.17, 15) is 8.78 Å². The standard InChI is InChI=1S/C13H10ClF2N/c14-13-6-10(16)3-4-11(13)12-5-9(15)2-1-8(12)7-17/h1-6H,7,17H2. The maximum absolute atomic E-state index is 13.2. The highest BCUT2D eigenvalue weighted by molar-refractivity contribution is 6.33. The number of nitrogens with two attached hydrogens (primary N) is 1. The van der Waals surface area contributed by atoms with E-state index in [0.29, 0.717) is 11.1 Å². The van der Waals surface area contributed by atoms with Crippen LogP contribution in [0.5, 0.6) is 0 Å². The molecule has 0 atom stereocenters. The molecule has 0 saturated carbocycles. The van der Waals surface area contributed by atoms with Crippen LogP contribution in [0.2, 0.25) is 5.02 Å². The number of benzene rings is 2. The number of halogens is 3. The quantitative estimate of drug-likeness (QED) is 0.867. The monoisotopic (exact) mass is 253 g/mol. The summed E-state index contributed by atoms with van der Waals surface area (Å²) in [6, 6.07) is 8.29. The maximum Gasteiger partial charge on any atom is 0.124 e. The summed E-state index contributed by atoms with van der Waals surface area (Å²) < 4.78 is 26.2. The van der Waals surface area contributed by atoms with Crippen molar-refractivity contribution >= 4 is 11.6 Å². The van der Waals surface area contributed by atoms with Crippen LogP contribution in [-0.4, -0.2) is 0 Å². The van der Waals surface area contributed by atoms with Crippen molar-refractivity contribution in [2.75, 3.05) is 0 Å². The fourth-order valence-corrected chi connectivity index (χ4v) is 1.95. The van der Waals surface area contributed by atoms with Crippen molar-refractivity contribution in [1.29, 1.82) is 0 Å². The van der Waals surface area contributed by atoms with E-state index in [1.165, 1.54) is 30.3 Å². The zero-order chi connectivity index (χ0) is 12.4. The van der Waals surface area contributed by atoms with Gasteiger partial charge in [0.15, 0.2) is 0 Å². The van der Waals surface area contributed by atoms with Gasteiger partial charge in [-0.25, -0.2) is 8.78 Å². The molecule has 0 unspecified atom stereocenters. The summed E-state index contributed by atoms with van der Waals surface area (Å²) in [5.41, 5.74) is 7.51. The van der Waals surface area contributed by atoms with E-state index >= 15 is 0 Å². The van der Waals surface area contributed by atoms with Crippen LogP contribution in [0.1, 0.15) is 5.56 Å². The first-order valence-electron chi connectivity index (χ1n) is 5.05. The van der Waals surface area contributed by atoms with Gasteiger partial charge in [0, 0.05) is 12.1 Å². The second-order valence-electron chi connectivity index (χ2n) is 3.63. The van der Waals surface area contributed by atoms with Crippen molar-refractivity contribution in [2.24, 2.45) is 5.73 Å². The lowest BCUT2D eigenvalue weighted by atomic mass is 9.99. The minimum Gasteiger partial charge on any atom is -0.326 e. The van der Waals surface area contributed by atoms with Gasteiger partial charge in [0.25, 0.3) is 0 Å². The van der Waals surface area contributed by atoms with Crippen LogP contribution in [0, 0.1) is 11.6 Å². The third-order valence-electron chi connectivity index (χ3n) is 2.51. The molecular formula is C13H10ClF2N. The van der Waals surface area contributed by atoms with Crippen molar-refractivity contribution in [3.63, 3.8) is 0 Å². The normalized spacial score (nSPS) is 10.6. The number of hydrogen-bond donors (Lipinski definition) is 1. The predicted octanol–water partition coefficient (Wildman–Crippen LogP) is 3.74. The van der Waals surface area contributed by atoms with Crippen molar-refractivity contribution in [1.82, 2.24) is 0 Å². The van der Waals surface area contributed by atoms with Gasteiger partial charge in [0.1, 0.15) is 11.6 Å². The molecule has 1 nitrogen and oxygen atoms in total. The molecule has 0 heterocycles. The average Bonchev–Trinajstić information content (AvgIpc) is 2.29. The third-order valence-corrected chi connectivity index (χ3v) is 2.83. The van der Waals surface area contributed by atoms with Gasteiger partial charge < -0.3 is 5.73 Å². The molecule has 17 heavy (non-hydrogen) atoms. The minimum atomic E-state index is -0.426. The van der Waals surface area contributed by atoms with E-state index in [1.54, 1.807) is 6.07 Å². The molecule has 2 rings (SSSR count). The molecule has 0 radical (unpaired) electrons. The summed E-state index contributed by atoms with van der Waals surface area (Å²) >= 11 is 5.94. The van der Waals surface area contributed by atoms with Crippen molar-refractivity contribution < 1.29 is 8.78 Å². The van der Waals surface area contributed by atoms with Crippen molar-refractivity contribution in [3.8, 4) is 11.1 Å². The Morgan fingerprint density at radius 2 is 1.59 bits per heavy atom. The molecule has 0 aliphatic rings. The molecule has 2 aromatic carbocycles. The Hall–Kier alpha value is -1.45. The van der Waals surface area contributed by atoms with Crippen LogP contribution in [-0.2, 0) is 6.54 Å². The van der Waals surface area contributed by atoms with Gasteiger partial charge in [-0.3, -0.25) is 0 Å². The Balaban J connectivity index is 2.62. The SMILES string of the molecule is NCc1ccc(F)cc1-c1ccc(F)cc1Cl. The van der Waals surface area contributed by atoms with Crippen LogP contribution in [0.3, 0.4) is 0 Å². The highest BCUT2D eigenvalue weighted by Gasteiger charge is 2.10. The topological polar surface area (TPSA) is 26.0 Å². The lowest BCUT2D eigenvalue weighted by molar-refractivity contribution is 0.627. The summed E-state index contributed by atoms with van der Waals surface area (Å²) in [6.07, 6.45) is 0. The van der Waals surface area contributed by atoms with Crippen LogP contribution in [0.4, 0.5) is 8.78 Å². The first-order valence-corrected chi connectivity index (χ1v) is 5.43. The van der Waals surface area contributed by atoms with E-state index in [-0.39, 0.29) is 17.4 Å². The van der Waals surface area contributed by atoms with Gasteiger partial charge in [-0.15, -0.1) is 0 Å². The van der Waals surface area contributed by atoms with Crippen molar-refractivity contribution in [2.45, 2.75) is 6.54 Å². The van der Waals surface area contributed by atoms with E-state index in [1.807, 2.05) is 0 Å². The molecule has 0 spiro atoms. The van der Waals surface area contributed by atoms with Gasteiger partial charge in [-0.1, -0.05) is 17.7 Å². The molecule has 0 bridgehead atoms. The first-order chi connectivity index (χ1) is 8.11. The van der Waals surface area contributed by atoms with Crippen LogP contribution >= 0.6 is 11.6 Å². The Morgan fingerprint density at radius 1 is 0.941 bits per heavy atom. The molecule has 2 N–H and O–H groups in total. The maximum atomic E-state index is 13.2. The molecule has 88 valence electrons. The summed E-state index contributed by atoms with van der Waals surface area (Å²) in [7, 11) is 0. The molecule has 0 saturated heterocycles. The Morgan fingerprint density at radius 3 is 2.24 bits per heavy atom. The van der Waals surface area contributed by atoms with Gasteiger partial charge in [0.2, 0.25) is 0 Å². The van der Waals surface area contributed by atoms with E-state index in [0.717, 1.165) is 5.56 Å². The third kappa shape index (κ3) is 2.46. The summed E-state index contributed by atoms with van der Waals surface area (Å²) in [5, 5.41) is 0.241. The average molecular weight is 254 g/mol. The molecule has 2 aromatic rings. The second kappa shape index (κ2) is 4.82. The Bertz CT molecular complexity index is 555. The molecule has 4 heteroatoms. The van der Waals surface area contributed by atoms with Crippen LogP contribution < -0.4 is 5.73 Å². The Labute approximate surface area is 103 Å². The van der Waals surface area contributed by atoms with E-state index in [2.05, 4.69) is 0 Å². The fourth-order valence-electron chi connectivity index (χ4n) is 1.69. The Kier molecular flexibility index (Phi) is 3.41. The lowest BCUT2D eigenvalue weighted by Gasteiger charge is -2.10. The van der Waals surface area contributed by atoms with Gasteiger partial charge >= 0.3 is 0 Å². The summed E-state index contributed by atoms with van der Waals surface area (Å²) in [6.45, 7) is 0.267. The van der Waals surface area contributed by atoms with Crippen molar-refractivity contribution in [3.05, 3.63) is 58.6 Å². The fraction of sp³-hybridized carbons (Fsp3) is 0.0769. The smallest absolute Gasteiger partial charge is 0.124 e. The predicted molar refractivity (Wildman–Crippen MR) is 64.7 cm³/mol. The lowest BCUT2D eigenvalue weighted by Crippen LogP contribution is -1.99. The minimum absolute atomic E-state index is 0.241.